The lowest BCUT2D eigenvalue weighted by atomic mass is 10.1. The van der Waals surface area contributed by atoms with Crippen LogP contribution < -0.4 is 0 Å². The lowest BCUT2D eigenvalue weighted by Crippen LogP contribution is -1.93. The zero-order valence-corrected chi connectivity index (χ0v) is 7.12. The van der Waals surface area contributed by atoms with Crippen molar-refractivity contribution in [2.45, 2.75) is 19.4 Å². The fraction of sp³-hybridized carbons (Fsp3) is 0.273. The van der Waals surface area contributed by atoms with Gasteiger partial charge in [-0.3, -0.25) is 0 Å². The van der Waals surface area contributed by atoms with E-state index in [1.807, 2.05) is 30.3 Å². The average molecular weight is 160 g/mol. The molecule has 0 spiro atoms. The largest absolute Gasteiger partial charge is 0.384 e. The van der Waals surface area contributed by atoms with Crippen molar-refractivity contribution in [3.63, 3.8) is 0 Å². The number of aliphatic hydroxyl groups excluding tert-OH is 1. The summed E-state index contributed by atoms with van der Waals surface area (Å²) in [6, 6.07) is 9.80. The maximum absolute atomic E-state index is 9.77. The van der Waals surface area contributed by atoms with Gasteiger partial charge < -0.3 is 5.11 Å². The molecule has 0 saturated heterocycles. The van der Waals surface area contributed by atoms with E-state index < -0.39 is 0 Å². The Kier molecular flexibility index (Phi) is 1.74. The number of hydrogen-bond donors (Lipinski definition) is 1. The first-order valence-electron chi connectivity index (χ1n) is 4.20. The molecule has 1 aromatic rings. The first-order valence-corrected chi connectivity index (χ1v) is 4.20. The van der Waals surface area contributed by atoms with Gasteiger partial charge in [0, 0.05) is 0 Å². The van der Waals surface area contributed by atoms with E-state index in [1.165, 1.54) is 11.1 Å². The van der Waals surface area contributed by atoms with Crippen molar-refractivity contribution < 1.29 is 5.11 Å². The van der Waals surface area contributed by atoms with E-state index in [4.69, 9.17) is 0 Å². The van der Waals surface area contributed by atoms with Gasteiger partial charge in [-0.25, -0.2) is 0 Å². The number of aliphatic hydroxyl groups is 1. The summed E-state index contributed by atoms with van der Waals surface area (Å²) < 4.78 is 0. The molecule has 1 heteroatoms. The van der Waals surface area contributed by atoms with Crippen LogP contribution in [0.2, 0.25) is 0 Å². The number of rotatable bonds is 2. The molecule has 1 aliphatic carbocycles. The van der Waals surface area contributed by atoms with Crippen LogP contribution in [0.3, 0.4) is 0 Å². The Labute approximate surface area is 72.4 Å². The fourth-order valence-corrected chi connectivity index (χ4v) is 1.41. The molecule has 0 heterocycles. The molecule has 1 atom stereocenters. The minimum absolute atomic E-state index is 0.355. The van der Waals surface area contributed by atoms with Crippen molar-refractivity contribution >= 4 is 0 Å². The third kappa shape index (κ3) is 1.28. The normalized spacial score (nSPS) is 17.8. The van der Waals surface area contributed by atoms with Crippen molar-refractivity contribution in [3.8, 4) is 0 Å². The quantitative estimate of drug-likeness (QED) is 0.659. The van der Waals surface area contributed by atoms with Gasteiger partial charge in [0.05, 0.1) is 0 Å². The maximum atomic E-state index is 9.77. The molecule has 0 saturated carbocycles. The summed E-state index contributed by atoms with van der Waals surface area (Å²) in [6.45, 7) is 2.07. The summed E-state index contributed by atoms with van der Waals surface area (Å²) in [7, 11) is 0. The van der Waals surface area contributed by atoms with E-state index in [-0.39, 0.29) is 6.10 Å². The van der Waals surface area contributed by atoms with Gasteiger partial charge in [-0.15, -0.1) is 0 Å². The molecule has 1 N–H and O–H groups in total. The zero-order chi connectivity index (χ0) is 8.55. The molecule has 1 aliphatic rings. The van der Waals surface area contributed by atoms with Crippen molar-refractivity contribution in [2.24, 2.45) is 0 Å². The van der Waals surface area contributed by atoms with Gasteiger partial charge in [-0.2, -0.15) is 0 Å². The second kappa shape index (κ2) is 2.76. The summed E-state index contributed by atoms with van der Waals surface area (Å²) >= 11 is 0. The number of hydrogen-bond acceptors (Lipinski definition) is 1. The van der Waals surface area contributed by atoms with Crippen LogP contribution in [-0.2, 0) is 0 Å². The highest BCUT2D eigenvalue weighted by Gasteiger charge is 2.24. The monoisotopic (exact) mass is 160 g/mol. The van der Waals surface area contributed by atoms with E-state index in [9.17, 15) is 5.11 Å². The molecule has 0 radical (unpaired) electrons. The zero-order valence-electron chi connectivity index (χ0n) is 7.12. The molecule has 2 rings (SSSR count). The van der Waals surface area contributed by atoms with Crippen LogP contribution in [0.25, 0.3) is 0 Å². The van der Waals surface area contributed by atoms with Gasteiger partial charge in [-0.1, -0.05) is 35.9 Å². The Morgan fingerprint density at radius 3 is 2.33 bits per heavy atom. The van der Waals surface area contributed by atoms with Crippen LogP contribution in [0.15, 0.2) is 41.5 Å². The number of benzene rings is 1. The second-order valence-corrected chi connectivity index (χ2v) is 3.30. The van der Waals surface area contributed by atoms with E-state index in [0.717, 1.165) is 12.0 Å². The molecular formula is C11H12O. The van der Waals surface area contributed by atoms with Crippen molar-refractivity contribution in [1.82, 2.24) is 0 Å². The van der Waals surface area contributed by atoms with Gasteiger partial charge in [0.2, 0.25) is 0 Å². The van der Waals surface area contributed by atoms with Crippen molar-refractivity contribution in [1.29, 1.82) is 0 Å². The number of allylic oxidation sites excluding steroid dienone is 1. The Morgan fingerprint density at radius 2 is 1.83 bits per heavy atom. The average Bonchev–Trinajstić information content (AvgIpc) is 2.83. The van der Waals surface area contributed by atoms with Crippen LogP contribution in [-0.4, -0.2) is 5.11 Å². The van der Waals surface area contributed by atoms with E-state index in [0.29, 0.717) is 0 Å². The van der Waals surface area contributed by atoms with Crippen LogP contribution in [0.1, 0.15) is 25.0 Å². The summed E-state index contributed by atoms with van der Waals surface area (Å²) in [4.78, 5) is 0. The molecule has 62 valence electrons. The minimum atomic E-state index is -0.355. The molecule has 0 aromatic heterocycles. The molecule has 1 aromatic carbocycles. The van der Waals surface area contributed by atoms with Gasteiger partial charge in [0.25, 0.3) is 0 Å². The van der Waals surface area contributed by atoms with Crippen LogP contribution in [0, 0.1) is 0 Å². The summed E-state index contributed by atoms with van der Waals surface area (Å²) in [5.41, 5.74) is 3.54. The second-order valence-electron chi connectivity index (χ2n) is 3.30. The first-order chi connectivity index (χ1) is 5.79. The van der Waals surface area contributed by atoms with Gasteiger partial charge in [-0.05, 0) is 24.5 Å². The molecule has 1 unspecified atom stereocenters. The van der Waals surface area contributed by atoms with Crippen LogP contribution in [0.4, 0.5) is 0 Å². The molecular weight excluding hydrogens is 148 g/mol. The summed E-state index contributed by atoms with van der Waals surface area (Å²) in [5, 5.41) is 9.77. The fourth-order valence-electron chi connectivity index (χ4n) is 1.41. The van der Waals surface area contributed by atoms with Crippen LogP contribution >= 0.6 is 0 Å². The third-order valence-corrected chi connectivity index (χ3v) is 2.32. The lowest BCUT2D eigenvalue weighted by molar-refractivity contribution is 0.220. The Hall–Kier alpha value is -1.08. The molecule has 0 amide bonds. The minimum Gasteiger partial charge on any atom is -0.384 e. The highest BCUT2D eigenvalue weighted by molar-refractivity contribution is 5.40. The Morgan fingerprint density at radius 1 is 1.25 bits per heavy atom. The van der Waals surface area contributed by atoms with E-state index >= 15 is 0 Å². The van der Waals surface area contributed by atoms with Crippen molar-refractivity contribution in [2.75, 3.05) is 0 Å². The Balaban J connectivity index is 2.21. The van der Waals surface area contributed by atoms with E-state index in [1.54, 1.807) is 0 Å². The predicted molar refractivity (Wildman–Crippen MR) is 48.7 cm³/mol. The maximum Gasteiger partial charge on any atom is 0.101 e. The highest BCUT2D eigenvalue weighted by atomic mass is 16.3. The molecule has 1 nitrogen and oxygen atoms in total. The van der Waals surface area contributed by atoms with Crippen molar-refractivity contribution in [3.05, 3.63) is 47.0 Å². The smallest absolute Gasteiger partial charge is 0.101 e. The van der Waals surface area contributed by atoms with Gasteiger partial charge in [0.1, 0.15) is 6.10 Å². The SMILES string of the molecule is CC1=C(C(O)c2ccccc2)C1. The van der Waals surface area contributed by atoms with Crippen LogP contribution in [0.5, 0.6) is 0 Å². The lowest BCUT2D eigenvalue weighted by Gasteiger charge is -2.05. The topological polar surface area (TPSA) is 20.2 Å². The molecule has 12 heavy (non-hydrogen) atoms. The first kappa shape index (κ1) is 7.56. The van der Waals surface area contributed by atoms with Gasteiger partial charge in [0.15, 0.2) is 0 Å². The molecule has 0 aliphatic heterocycles. The Bertz CT molecular complexity index is 311. The van der Waals surface area contributed by atoms with Gasteiger partial charge >= 0.3 is 0 Å². The molecule has 0 fully saturated rings. The highest BCUT2D eigenvalue weighted by Crippen LogP contribution is 2.40. The molecule has 0 bridgehead atoms. The summed E-state index contributed by atoms with van der Waals surface area (Å²) in [6.07, 6.45) is 0.655. The summed E-state index contributed by atoms with van der Waals surface area (Å²) in [5.74, 6) is 0. The third-order valence-electron chi connectivity index (χ3n) is 2.32. The van der Waals surface area contributed by atoms with E-state index in [2.05, 4.69) is 6.92 Å². The standard InChI is InChI=1S/C11H12O/c1-8-7-10(8)11(12)9-5-3-2-4-6-9/h2-6,11-12H,7H2,1H3. The predicted octanol–water partition coefficient (Wildman–Crippen LogP) is 2.44.